The lowest BCUT2D eigenvalue weighted by Gasteiger charge is -2.40. The van der Waals surface area contributed by atoms with Crippen LogP contribution < -0.4 is 5.32 Å². The standard InChI is InChI=1S/C18H22N4O.CH2O2/c23-17-18(8-3-10-19-17)9-4-12-21(18)14-15-6-1-2-7-16(15)22-13-5-11-20-22;2-1-3/h1-2,5-7,11,13H,3-4,8-10,12,14H2,(H,19,23);1H,(H,2,3). The second-order valence-electron chi connectivity index (χ2n) is 6.60. The zero-order chi connectivity index (χ0) is 18.4. The Morgan fingerprint density at radius 1 is 1.23 bits per heavy atom. The summed E-state index contributed by atoms with van der Waals surface area (Å²) < 4.78 is 1.90. The lowest BCUT2D eigenvalue weighted by atomic mass is 9.86. The molecule has 4 rings (SSSR count). The highest BCUT2D eigenvalue weighted by atomic mass is 16.3. The van der Waals surface area contributed by atoms with Crippen LogP contribution in [0.3, 0.4) is 0 Å². The van der Waals surface area contributed by atoms with Crippen LogP contribution in [0.15, 0.2) is 42.7 Å². The van der Waals surface area contributed by atoms with Crippen LogP contribution in [0.1, 0.15) is 31.2 Å². The second-order valence-corrected chi connectivity index (χ2v) is 6.60. The Morgan fingerprint density at radius 2 is 2.00 bits per heavy atom. The first-order valence-electron chi connectivity index (χ1n) is 8.90. The number of aromatic nitrogens is 2. The molecule has 0 radical (unpaired) electrons. The van der Waals surface area contributed by atoms with Crippen molar-refractivity contribution in [3.8, 4) is 5.69 Å². The molecule has 7 nitrogen and oxygen atoms in total. The van der Waals surface area contributed by atoms with Crippen LogP contribution in [-0.4, -0.2) is 50.8 Å². The van der Waals surface area contributed by atoms with Crippen LogP contribution in [0.5, 0.6) is 0 Å². The number of benzene rings is 1. The Labute approximate surface area is 152 Å². The molecule has 2 aliphatic rings. The number of nitrogens with zero attached hydrogens (tertiary/aromatic N) is 3. The molecule has 2 N–H and O–H groups in total. The largest absolute Gasteiger partial charge is 0.483 e. The van der Waals surface area contributed by atoms with Gasteiger partial charge in [-0.05, 0) is 49.9 Å². The van der Waals surface area contributed by atoms with Crippen LogP contribution in [0, 0.1) is 0 Å². The molecule has 1 spiro atoms. The van der Waals surface area contributed by atoms with Crippen LogP contribution in [0.2, 0.25) is 0 Å². The van der Waals surface area contributed by atoms with Gasteiger partial charge in [-0.15, -0.1) is 0 Å². The number of hydrogen-bond donors (Lipinski definition) is 2. The van der Waals surface area contributed by atoms with Gasteiger partial charge in [-0.1, -0.05) is 18.2 Å². The average Bonchev–Trinajstić information content (AvgIpc) is 3.30. The molecule has 1 aromatic carbocycles. The summed E-state index contributed by atoms with van der Waals surface area (Å²) in [6.45, 7) is 2.35. The van der Waals surface area contributed by atoms with Crippen LogP contribution >= 0.6 is 0 Å². The first-order valence-corrected chi connectivity index (χ1v) is 8.90. The molecule has 0 saturated carbocycles. The molecule has 2 aromatic rings. The van der Waals surface area contributed by atoms with E-state index in [1.54, 1.807) is 6.20 Å². The maximum Gasteiger partial charge on any atom is 0.290 e. The van der Waals surface area contributed by atoms with Crippen molar-refractivity contribution < 1.29 is 14.7 Å². The van der Waals surface area contributed by atoms with Gasteiger partial charge in [0.2, 0.25) is 5.91 Å². The van der Waals surface area contributed by atoms with Crippen molar-refractivity contribution in [3.63, 3.8) is 0 Å². The second kappa shape index (κ2) is 8.14. The van der Waals surface area contributed by atoms with E-state index >= 15 is 0 Å². The van der Waals surface area contributed by atoms with Gasteiger partial charge in [-0.25, -0.2) is 4.68 Å². The Bertz CT molecular complexity index is 747. The number of amides is 1. The lowest BCUT2D eigenvalue weighted by Crippen LogP contribution is -2.58. The molecule has 7 heteroatoms. The van der Waals surface area contributed by atoms with E-state index in [-0.39, 0.29) is 17.9 Å². The van der Waals surface area contributed by atoms with E-state index in [9.17, 15) is 4.79 Å². The first-order chi connectivity index (χ1) is 12.7. The Balaban J connectivity index is 0.000000613. The average molecular weight is 356 g/mol. The highest BCUT2D eigenvalue weighted by Gasteiger charge is 2.48. The predicted molar refractivity (Wildman–Crippen MR) is 96.9 cm³/mol. The van der Waals surface area contributed by atoms with E-state index in [2.05, 4.69) is 33.5 Å². The summed E-state index contributed by atoms with van der Waals surface area (Å²) >= 11 is 0. The molecule has 138 valence electrons. The summed E-state index contributed by atoms with van der Waals surface area (Å²) in [6, 6.07) is 10.3. The summed E-state index contributed by atoms with van der Waals surface area (Å²) in [5.41, 5.74) is 2.02. The zero-order valence-corrected chi connectivity index (χ0v) is 14.7. The smallest absolute Gasteiger partial charge is 0.290 e. The number of hydrogen-bond acceptors (Lipinski definition) is 4. The molecule has 1 atom stereocenters. The third kappa shape index (κ3) is 3.48. The van der Waals surface area contributed by atoms with E-state index in [1.165, 1.54) is 5.56 Å². The van der Waals surface area contributed by atoms with Gasteiger partial charge in [-0.2, -0.15) is 5.10 Å². The van der Waals surface area contributed by atoms with Crippen LogP contribution in [-0.2, 0) is 16.1 Å². The number of carboxylic acid groups (broad SMARTS) is 1. The number of piperidine rings is 1. The van der Waals surface area contributed by atoms with Gasteiger partial charge in [0, 0.05) is 25.5 Å². The van der Waals surface area contributed by atoms with Crippen molar-refractivity contribution in [3.05, 3.63) is 48.3 Å². The van der Waals surface area contributed by atoms with Gasteiger partial charge in [0.1, 0.15) is 5.54 Å². The van der Waals surface area contributed by atoms with E-state index in [0.29, 0.717) is 0 Å². The molecule has 2 saturated heterocycles. The van der Waals surface area contributed by atoms with E-state index in [0.717, 1.165) is 51.0 Å². The number of likely N-dealkylation sites (tertiary alicyclic amines) is 1. The number of para-hydroxylation sites is 1. The highest BCUT2D eigenvalue weighted by Crippen LogP contribution is 2.37. The van der Waals surface area contributed by atoms with E-state index in [1.807, 2.05) is 23.0 Å². The van der Waals surface area contributed by atoms with Crippen molar-refractivity contribution in [1.29, 1.82) is 0 Å². The quantitative estimate of drug-likeness (QED) is 0.819. The third-order valence-corrected chi connectivity index (χ3v) is 5.20. The number of carbonyl (C=O) groups excluding carboxylic acids is 1. The van der Waals surface area contributed by atoms with E-state index < -0.39 is 0 Å². The highest BCUT2D eigenvalue weighted by molar-refractivity contribution is 5.87. The maximum atomic E-state index is 12.6. The number of rotatable bonds is 3. The van der Waals surface area contributed by atoms with Crippen LogP contribution in [0.25, 0.3) is 5.69 Å². The van der Waals surface area contributed by atoms with Gasteiger partial charge < -0.3 is 10.4 Å². The van der Waals surface area contributed by atoms with Crippen molar-refractivity contribution in [2.45, 2.75) is 37.8 Å². The van der Waals surface area contributed by atoms with Gasteiger partial charge in [0.05, 0.1) is 5.69 Å². The van der Waals surface area contributed by atoms with Crippen molar-refractivity contribution in [2.75, 3.05) is 13.1 Å². The molecule has 0 aliphatic carbocycles. The minimum atomic E-state index is -0.296. The molecule has 2 fully saturated rings. The summed E-state index contributed by atoms with van der Waals surface area (Å²) in [5, 5.41) is 14.3. The van der Waals surface area contributed by atoms with Crippen molar-refractivity contribution in [2.24, 2.45) is 0 Å². The first kappa shape index (κ1) is 18.1. The van der Waals surface area contributed by atoms with E-state index in [4.69, 9.17) is 9.90 Å². The molecular formula is C19H24N4O3. The normalized spacial score (nSPS) is 22.5. The van der Waals surface area contributed by atoms with Gasteiger partial charge in [0.25, 0.3) is 6.47 Å². The molecule has 26 heavy (non-hydrogen) atoms. The summed E-state index contributed by atoms with van der Waals surface area (Å²) in [7, 11) is 0. The molecule has 2 aliphatic heterocycles. The molecule has 1 unspecified atom stereocenters. The number of carbonyl (C=O) groups is 2. The molecule has 1 aromatic heterocycles. The van der Waals surface area contributed by atoms with Gasteiger partial charge in [-0.3, -0.25) is 14.5 Å². The molecule has 3 heterocycles. The SMILES string of the molecule is O=C1NCCCC12CCCN2Cc1ccccc1-n1cccn1.O=CO. The van der Waals surface area contributed by atoms with Gasteiger partial charge >= 0.3 is 0 Å². The van der Waals surface area contributed by atoms with Crippen molar-refractivity contribution >= 4 is 12.4 Å². The lowest BCUT2D eigenvalue weighted by molar-refractivity contribution is -0.134. The van der Waals surface area contributed by atoms with Crippen molar-refractivity contribution in [1.82, 2.24) is 20.0 Å². The Morgan fingerprint density at radius 3 is 2.73 bits per heavy atom. The Kier molecular flexibility index (Phi) is 5.68. The fourth-order valence-corrected chi connectivity index (χ4v) is 4.05. The monoisotopic (exact) mass is 356 g/mol. The maximum absolute atomic E-state index is 12.6. The minimum absolute atomic E-state index is 0.220. The fraction of sp³-hybridized carbons (Fsp3) is 0.421. The molecule has 0 bridgehead atoms. The zero-order valence-electron chi connectivity index (χ0n) is 14.7. The molecular weight excluding hydrogens is 332 g/mol. The number of nitrogens with one attached hydrogen (secondary N) is 1. The Hall–Kier alpha value is -2.67. The summed E-state index contributed by atoms with van der Waals surface area (Å²) in [6.07, 6.45) is 7.88. The summed E-state index contributed by atoms with van der Waals surface area (Å²) in [4.78, 5) is 23.3. The topological polar surface area (TPSA) is 87.5 Å². The fourth-order valence-electron chi connectivity index (χ4n) is 4.05. The molecule has 1 amide bonds. The van der Waals surface area contributed by atoms with Gasteiger partial charge in [0.15, 0.2) is 0 Å². The predicted octanol–water partition coefficient (Wildman–Crippen LogP) is 1.82. The minimum Gasteiger partial charge on any atom is -0.483 e. The third-order valence-electron chi connectivity index (χ3n) is 5.20. The van der Waals surface area contributed by atoms with Crippen LogP contribution in [0.4, 0.5) is 0 Å². The summed E-state index contributed by atoms with van der Waals surface area (Å²) in [5.74, 6) is 0.220.